The molecule has 0 aromatic carbocycles. The number of pyridine rings is 1. The molecule has 2 aromatic rings. The van der Waals surface area contributed by atoms with Gasteiger partial charge in [0, 0.05) is 36.6 Å². The number of aromatic nitrogens is 2. The number of hydrogen-bond donors (Lipinski definition) is 1. The summed E-state index contributed by atoms with van der Waals surface area (Å²) in [4.78, 5) is 19.7. The molecule has 1 aliphatic rings. The molecule has 2 aromatic heterocycles. The van der Waals surface area contributed by atoms with Crippen LogP contribution in [0, 0.1) is 19.8 Å². The summed E-state index contributed by atoms with van der Waals surface area (Å²) < 4.78 is 5.22. The van der Waals surface area contributed by atoms with E-state index in [0.717, 1.165) is 41.1 Å². The van der Waals surface area contributed by atoms with Crippen molar-refractivity contribution >= 4 is 17.7 Å². The van der Waals surface area contributed by atoms with E-state index in [9.17, 15) is 4.79 Å². The van der Waals surface area contributed by atoms with E-state index in [1.165, 1.54) is 12.8 Å². The second-order valence-electron chi connectivity index (χ2n) is 7.75. The van der Waals surface area contributed by atoms with Gasteiger partial charge in [0.15, 0.2) is 0 Å². The van der Waals surface area contributed by atoms with Gasteiger partial charge in [-0.15, -0.1) is 11.8 Å². The summed E-state index contributed by atoms with van der Waals surface area (Å²) in [5, 5.41) is 7.83. The van der Waals surface area contributed by atoms with Crippen LogP contribution in [0.3, 0.4) is 0 Å². The Kier molecular flexibility index (Phi) is 7.13. The molecule has 7 heteroatoms. The molecule has 28 heavy (non-hydrogen) atoms. The van der Waals surface area contributed by atoms with Gasteiger partial charge in [0.2, 0.25) is 0 Å². The SMILES string of the molecule is Cc1noc(C)c1CSc1ncccc1C(=O)NC[C@H](C)N1CCC[C@H](C)C1. The Morgan fingerprint density at radius 1 is 1.46 bits per heavy atom. The minimum atomic E-state index is -0.0636. The highest BCUT2D eigenvalue weighted by molar-refractivity contribution is 7.98. The Bertz CT molecular complexity index is 788. The van der Waals surface area contributed by atoms with Crippen LogP contribution in [0.5, 0.6) is 0 Å². The van der Waals surface area contributed by atoms with Crippen LogP contribution in [0.1, 0.15) is 54.1 Å². The Balaban J connectivity index is 1.59. The maximum atomic E-state index is 12.8. The zero-order chi connectivity index (χ0) is 20.1. The van der Waals surface area contributed by atoms with Crippen molar-refractivity contribution in [3.8, 4) is 0 Å². The van der Waals surface area contributed by atoms with Gasteiger partial charge < -0.3 is 9.84 Å². The summed E-state index contributed by atoms with van der Waals surface area (Å²) in [6.45, 7) is 11.2. The van der Waals surface area contributed by atoms with E-state index in [-0.39, 0.29) is 5.91 Å². The fourth-order valence-corrected chi connectivity index (χ4v) is 4.76. The van der Waals surface area contributed by atoms with Crippen LogP contribution in [-0.2, 0) is 5.75 Å². The van der Waals surface area contributed by atoms with Gasteiger partial charge in [-0.25, -0.2) is 4.98 Å². The van der Waals surface area contributed by atoms with Crippen molar-refractivity contribution in [1.82, 2.24) is 20.4 Å². The number of carbonyl (C=O) groups excluding carboxylic acids is 1. The molecule has 1 aliphatic heterocycles. The van der Waals surface area contributed by atoms with Gasteiger partial charge in [0.1, 0.15) is 10.8 Å². The summed E-state index contributed by atoms with van der Waals surface area (Å²) in [5.41, 5.74) is 2.57. The molecule has 152 valence electrons. The summed E-state index contributed by atoms with van der Waals surface area (Å²) in [6.07, 6.45) is 4.27. The first-order valence-corrected chi connectivity index (χ1v) is 11.0. The van der Waals surface area contributed by atoms with Crippen molar-refractivity contribution in [3.63, 3.8) is 0 Å². The number of aryl methyl sites for hydroxylation is 2. The fourth-order valence-electron chi connectivity index (χ4n) is 3.62. The monoisotopic (exact) mass is 402 g/mol. The molecule has 1 N–H and O–H groups in total. The third-order valence-corrected chi connectivity index (χ3v) is 6.45. The molecule has 0 bridgehead atoms. The minimum Gasteiger partial charge on any atom is -0.361 e. The van der Waals surface area contributed by atoms with Crippen molar-refractivity contribution in [2.75, 3.05) is 19.6 Å². The highest BCUT2D eigenvalue weighted by Crippen LogP contribution is 2.27. The first-order valence-electron chi connectivity index (χ1n) is 9.97. The van der Waals surface area contributed by atoms with Crippen LogP contribution in [0.2, 0.25) is 0 Å². The van der Waals surface area contributed by atoms with Gasteiger partial charge in [-0.1, -0.05) is 12.1 Å². The molecule has 0 unspecified atom stereocenters. The molecule has 2 atom stereocenters. The molecule has 6 nitrogen and oxygen atoms in total. The van der Waals surface area contributed by atoms with Gasteiger partial charge in [-0.05, 0) is 58.2 Å². The number of likely N-dealkylation sites (tertiary alicyclic amines) is 1. The van der Waals surface area contributed by atoms with Gasteiger partial charge in [-0.3, -0.25) is 9.69 Å². The van der Waals surface area contributed by atoms with Crippen molar-refractivity contribution in [2.24, 2.45) is 5.92 Å². The van der Waals surface area contributed by atoms with Gasteiger partial charge in [0.05, 0.1) is 11.3 Å². The Morgan fingerprint density at radius 3 is 3.00 bits per heavy atom. The topological polar surface area (TPSA) is 71.3 Å². The summed E-state index contributed by atoms with van der Waals surface area (Å²) in [6, 6.07) is 3.98. The zero-order valence-corrected chi connectivity index (χ0v) is 18.0. The van der Waals surface area contributed by atoms with Crippen LogP contribution in [0.25, 0.3) is 0 Å². The highest BCUT2D eigenvalue weighted by atomic mass is 32.2. The Morgan fingerprint density at radius 2 is 2.29 bits per heavy atom. The summed E-state index contributed by atoms with van der Waals surface area (Å²) in [5.74, 6) is 2.17. The predicted octanol–water partition coefficient (Wildman–Crippen LogP) is 3.83. The van der Waals surface area contributed by atoms with E-state index in [2.05, 4.69) is 34.2 Å². The average molecular weight is 403 g/mol. The molecule has 1 saturated heterocycles. The predicted molar refractivity (Wildman–Crippen MR) is 112 cm³/mol. The largest absolute Gasteiger partial charge is 0.361 e. The maximum absolute atomic E-state index is 12.8. The van der Waals surface area contributed by atoms with Crippen molar-refractivity contribution < 1.29 is 9.32 Å². The van der Waals surface area contributed by atoms with Crippen LogP contribution < -0.4 is 5.32 Å². The van der Waals surface area contributed by atoms with E-state index >= 15 is 0 Å². The lowest BCUT2D eigenvalue weighted by Crippen LogP contribution is -2.46. The van der Waals surface area contributed by atoms with Crippen LogP contribution in [-0.4, -0.2) is 46.6 Å². The third kappa shape index (κ3) is 5.14. The molecular weight excluding hydrogens is 372 g/mol. The minimum absolute atomic E-state index is 0.0636. The van der Waals surface area contributed by atoms with Gasteiger partial charge in [0.25, 0.3) is 5.91 Å². The number of rotatable bonds is 7. The number of piperidine rings is 1. The lowest BCUT2D eigenvalue weighted by atomic mass is 9.99. The van der Waals surface area contributed by atoms with Crippen LogP contribution >= 0.6 is 11.8 Å². The van der Waals surface area contributed by atoms with E-state index < -0.39 is 0 Å². The number of hydrogen-bond acceptors (Lipinski definition) is 6. The second kappa shape index (κ2) is 9.56. The lowest BCUT2D eigenvalue weighted by molar-refractivity contribution is 0.0914. The molecule has 3 rings (SSSR count). The molecule has 0 spiro atoms. The van der Waals surface area contributed by atoms with Gasteiger partial charge in [-0.2, -0.15) is 0 Å². The smallest absolute Gasteiger partial charge is 0.254 e. The van der Waals surface area contributed by atoms with Crippen molar-refractivity contribution in [2.45, 2.75) is 57.4 Å². The first-order chi connectivity index (χ1) is 13.5. The molecule has 3 heterocycles. The molecule has 1 amide bonds. The Labute approximate surface area is 171 Å². The van der Waals surface area contributed by atoms with Crippen molar-refractivity contribution in [1.29, 1.82) is 0 Å². The van der Waals surface area contributed by atoms with E-state index in [4.69, 9.17) is 4.52 Å². The van der Waals surface area contributed by atoms with E-state index in [0.29, 0.717) is 23.9 Å². The zero-order valence-electron chi connectivity index (χ0n) is 17.2. The molecule has 1 fully saturated rings. The second-order valence-corrected chi connectivity index (χ2v) is 8.71. The molecular formula is C21H30N4O2S. The number of nitrogens with zero attached hydrogens (tertiary/aromatic N) is 3. The Hall–Kier alpha value is -1.86. The maximum Gasteiger partial charge on any atom is 0.254 e. The van der Waals surface area contributed by atoms with Crippen molar-refractivity contribution in [3.05, 3.63) is 40.9 Å². The number of nitrogens with one attached hydrogen (secondary N) is 1. The van der Waals surface area contributed by atoms with E-state index in [1.54, 1.807) is 18.0 Å². The number of amides is 1. The summed E-state index contributed by atoms with van der Waals surface area (Å²) >= 11 is 1.54. The molecule has 0 aliphatic carbocycles. The summed E-state index contributed by atoms with van der Waals surface area (Å²) in [7, 11) is 0. The fraction of sp³-hybridized carbons (Fsp3) is 0.571. The normalized spacial score (nSPS) is 18.8. The number of thioether (sulfide) groups is 1. The lowest BCUT2D eigenvalue weighted by Gasteiger charge is -2.35. The van der Waals surface area contributed by atoms with Crippen LogP contribution in [0.4, 0.5) is 0 Å². The first kappa shape index (κ1) is 20.9. The quantitative estimate of drug-likeness (QED) is 0.710. The van der Waals surface area contributed by atoms with Gasteiger partial charge >= 0.3 is 0 Å². The molecule has 0 radical (unpaired) electrons. The number of carbonyl (C=O) groups is 1. The third-order valence-electron chi connectivity index (χ3n) is 5.42. The van der Waals surface area contributed by atoms with E-state index in [1.807, 2.05) is 26.0 Å². The average Bonchev–Trinajstić information content (AvgIpc) is 3.02. The highest BCUT2D eigenvalue weighted by Gasteiger charge is 2.22. The van der Waals surface area contributed by atoms with Crippen LogP contribution in [0.15, 0.2) is 27.9 Å². The standard InChI is InChI=1S/C21H30N4O2S/c1-14-7-6-10-25(12-14)15(2)11-23-20(26)18-8-5-9-22-21(18)28-13-19-16(3)24-27-17(19)4/h5,8-9,14-15H,6-7,10-13H2,1-4H3,(H,23,26)/t14-,15-/m0/s1. The molecule has 0 saturated carbocycles.